The number of rotatable bonds is 5. The van der Waals surface area contributed by atoms with Gasteiger partial charge >= 0.3 is 5.97 Å². The minimum absolute atomic E-state index is 0.140. The van der Waals surface area contributed by atoms with Crippen molar-refractivity contribution in [2.24, 2.45) is 10.7 Å². The summed E-state index contributed by atoms with van der Waals surface area (Å²) in [6.45, 7) is 3.04. The first-order valence-electron chi connectivity index (χ1n) is 5.20. The van der Waals surface area contributed by atoms with Crippen LogP contribution < -0.4 is 5.73 Å². The molecule has 0 spiro atoms. The molecule has 9 nitrogen and oxygen atoms in total. The van der Waals surface area contributed by atoms with E-state index >= 15 is 0 Å². The minimum Gasteiger partial charge on any atom is -0.512 e. The van der Waals surface area contributed by atoms with Gasteiger partial charge in [-0.05, 0) is 24.2 Å². The third kappa shape index (κ3) is 3.63. The molecule has 9 heteroatoms. The van der Waals surface area contributed by atoms with E-state index in [1.807, 2.05) is 0 Å². The Morgan fingerprint density at radius 2 is 2.21 bits per heavy atom. The number of hydrogen-bond donors (Lipinski definition) is 2. The normalized spacial score (nSPS) is 12.3. The number of aliphatic imine (C=N–C) groups is 1. The molecule has 1 heterocycles. The van der Waals surface area contributed by atoms with E-state index in [9.17, 15) is 14.7 Å². The number of hydrogen-bond acceptors (Lipinski definition) is 8. The van der Waals surface area contributed by atoms with Gasteiger partial charge < -0.3 is 15.6 Å². The van der Waals surface area contributed by atoms with Crippen LogP contribution in [0.5, 0.6) is 0 Å². The zero-order chi connectivity index (χ0) is 14.4. The average Bonchev–Trinajstić information content (AvgIpc) is 2.77. The van der Waals surface area contributed by atoms with Crippen LogP contribution in [0, 0.1) is 0 Å². The predicted octanol–water partition coefficient (Wildman–Crippen LogP) is 0.266. The summed E-state index contributed by atoms with van der Waals surface area (Å²) in [5.41, 5.74) is 4.54. The highest BCUT2D eigenvalue weighted by molar-refractivity contribution is 6.10. The fourth-order valence-corrected chi connectivity index (χ4v) is 1.05. The van der Waals surface area contributed by atoms with Crippen LogP contribution >= 0.6 is 0 Å². The van der Waals surface area contributed by atoms with E-state index in [1.165, 1.54) is 6.92 Å². The predicted molar refractivity (Wildman–Crippen MR) is 62.9 cm³/mol. The number of amides is 1. The van der Waals surface area contributed by atoms with Crippen molar-refractivity contribution in [1.29, 1.82) is 0 Å². The molecule has 1 amide bonds. The fraction of sp³-hybridized carbons (Fsp3) is 0.300. The number of esters is 1. The molecular formula is C10H12N4O5. The fourth-order valence-electron chi connectivity index (χ4n) is 1.05. The van der Waals surface area contributed by atoms with E-state index in [-0.39, 0.29) is 29.5 Å². The molecule has 0 bridgehead atoms. The van der Waals surface area contributed by atoms with Gasteiger partial charge in [-0.1, -0.05) is 0 Å². The Kier molecular flexibility index (Phi) is 4.75. The van der Waals surface area contributed by atoms with Crippen LogP contribution in [0.1, 0.15) is 24.3 Å². The van der Waals surface area contributed by atoms with Crippen LogP contribution in [0.15, 0.2) is 21.0 Å². The highest BCUT2D eigenvalue weighted by Gasteiger charge is 2.16. The number of aromatic nitrogens is 2. The first-order valence-corrected chi connectivity index (χ1v) is 5.20. The molecule has 0 atom stereocenters. The molecule has 1 aromatic heterocycles. The zero-order valence-electron chi connectivity index (χ0n) is 10.3. The molecular weight excluding hydrogens is 256 g/mol. The van der Waals surface area contributed by atoms with Crippen molar-refractivity contribution in [3.63, 3.8) is 0 Å². The number of carbonyl (C=O) groups excluding carboxylic acids is 2. The summed E-state index contributed by atoms with van der Waals surface area (Å²) in [5.74, 6) is -2.13. The quantitative estimate of drug-likeness (QED) is 0.337. The molecule has 0 saturated heterocycles. The lowest BCUT2D eigenvalue weighted by molar-refractivity contribution is -0.138. The van der Waals surface area contributed by atoms with E-state index in [0.717, 1.165) is 6.21 Å². The van der Waals surface area contributed by atoms with Crippen LogP contribution in [0.25, 0.3) is 0 Å². The Hall–Kier alpha value is -2.71. The lowest BCUT2D eigenvalue weighted by Gasteiger charge is -2.02. The first-order chi connectivity index (χ1) is 8.97. The molecule has 0 fully saturated rings. The van der Waals surface area contributed by atoms with E-state index in [1.54, 1.807) is 6.92 Å². The van der Waals surface area contributed by atoms with Crippen LogP contribution in [0.2, 0.25) is 0 Å². The molecule has 102 valence electrons. The average molecular weight is 268 g/mol. The van der Waals surface area contributed by atoms with Crippen molar-refractivity contribution < 1.29 is 24.1 Å². The summed E-state index contributed by atoms with van der Waals surface area (Å²) < 4.78 is 9.01. The van der Waals surface area contributed by atoms with Gasteiger partial charge in [0.1, 0.15) is 11.3 Å². The van der Waals surface area contributed by atoms with Crippen molar-refractivity contribution >= 4 is 23.9 Å². The molecule has 0 aromatic carbocycles. The first kappa shape index (κ1) is 14.4. The zero-order valence-corrected chi connectivity index (χ0v) is 10.3. The topological polar surface area (TPSA) is 141 Å². The molecule has 0 radical (unpaired) electrons. The molecule has 0 aliphatic carbocycles. The number of ether oxygens (including phenoxy) is 1. The smallest absolute Gasteiger partial charge is 0.343 e. The Labute approximate surface area is 107 Å². The second kappa shape index (κ2) is 6.28. The number of nitrogens with zero attached hydrogens (tertiary/aromatic N) is 3. The van der Waals surface area contributed by atoms with Crippen molar-refractivity contribution in [1.82, 2.24) is 10.3 Å². The number of carbonyl (C=O) groups is 2. The standard InChI is InChI=1S/C10H12N4O5/c1-3-18-10(17)6(5(2)15)4-12-9-7(8(11)16)13-19-14-9/h4,15H,3H2,1-2H3,(H2,11,16). The summed E-state index contributed by atoms with van der Waals surface area (Å²) in [6.07, 6.45) is 0.985. The number of nitrogens with two attached hydrogens (primary N) is 1. The van der Waals surface area contributed by atoms with Crippen LogP contribution in [-0.4, -0.2) is 40.1 Å². The van der Waals surface area contributed by atoms with Gasteiger partial charge in [0.25, 0.3) is 5.91 Å². The Morgan fingerprint density at radius 1 is 1.53 bits per heavy atom. The van der Waals surface area contributed by atoms with Gasteiger partial charge in [0.05, 0.1) is 6.61 Å². The maximum Gasteiger partial charge on any atom is 0.343 e. The Morgan fingerprint density at radius 3 is 2.74 bits per heavy atom. The maximum atomic E-state index is 11.5. The molecule has 0 aliphatic rings. The SMILES string of the molecule is CCOC(=O)C(C=Nc1nonc1C(N)=O)=C(C)O. The maximum absolute atomic E-state index is 11.5. The van der Waals surface area contributed by atoms with Gasteiger partial charge in [0.15, 0.2) is 0 Å². The summed E-state index contributed by atoms with van der Waals surface area (Å²) in [4.78, 5) is 26.1. The largest absolute Gasteiger partial charge is 0.512 e. The minimum atomic E-state index is -0.879. The molecule has 1 rings (SSSR count). The highest BCUT2D eigenvalue weighted by Crippen LogP contribution is 2.13. The summed E-state index contributed by atoms with van der Waals surface area (Å²) in [5, 5.41) is 15.9. The summed E-state index contributed by atoms with van der Waals surface area (Å²) in [6, 6.07) is 0. The molecule has 19 heavy (non-hydrogen) atoms. The van der Waals surface area contributed by atoms with E-state index in [2.05, 4.69) is 19.9 Å². The number of primary amides is 1. The number of allylic oxidation sites excluding steroid dienone is 1. The molecule has 0 saturated carbocycles. The van der Waals surface area contributed by atoms with Crippen LogP contribution in [0.4, 0.5) is 5.82 Å². The second-order valence-corrected chi connectivity index (χ2v) is 3.28. The van der Waals surface area contributed by atoms with Gasteiger partial charge in [-0.25, -0.2) is 14.4 Å². The van der Waals surface area contributed by atoms with Crippen LogP contribution in [-0.2, 0) is 9.53 Å². The summed E-state index contributed by atoms with van der Waals surface area (Å²) >= 11 is 0. The van der Waals surface area contributed by atoms with Crippen molar-refractivity contribution in [3.8, 4) is 0 Å². The van der Waals surface area contributed by atoms with E-state index in [0.29, 0.717) is 0 Å². The van der Waals surface area contributed by atoms with Crippen molar-refractivity contribution in [2.75, 3.05) is 6.61 Å². The van der Waals surface area contributed by atoms with E-state index < -0.39 is 11.9 Å². The Balaban J connectivity index is 3.01. The van der Waals surface area contributed by atoms with Crippen molar-refractivity contribution in [2.45, 2.75) is 13.8 Å². The monoisotopic (exact) mass is 268 g/mol. The van der Waals surface area contributed by atoms with Gasteiger partial charge in [-0.15, -0.1) is 0 Å². The summed E-state index contributed by atoms with van der Waals surface area (Å²) in [7, 11) is 0. The lowest BCUT2D eigenvalue weighted by atomic mass is 10.2. The molecule has 0 unspecified atom stereocenters. The van der Waals surface area contributed by atoms with E-state index in [4.69, 9.17) is 10.5 Å². The molecule has 0 aliphatic heterocycles. The van der Waals surface area contributed by atoms with Gasteiger partial charge in [0.2, 0.25) is 11.5 Å². The third-order valence-corrected chi connectivity index (χ3v) is 1.91. The third-order valence-electron chi connectivity index (χ3n) is 1.91. The Bertz CT molecular complexity index is 542. The number of aliphatic hydroxyl groups is 1. The van der Waals surface area contributed by atoms with Gasteiger partial charge in [0, 0.05) is 6.21 Å². The number of aliphatic hydroxyl groups excluding tert-OH is 1. The lowest BCUT2D eigenvalue weighted by Crippen LogP contribution is -2.12. The molecule has 3 N–H and O–H groups in total. The van der Waals surface area contributed by atoms with Crippen LogP contribution in [0.3, 0.4) is 0 Å². The van der Waals surface area contributed by atoms with Gasteiger partial charge in [-0.3, -0.25) is 4.79 Å². The van der Waals surface area contributed by atoms with Crippen molar-refractivity contribution in [3.05, 3.63) is 17.0 Å². The molecule has 1 aromatic rings. The van der Waals surface area contributed by atoms with Gasteiger partial charge in [-0.2, -0.15) is 0 Å². The highest BCUT2D eigenvalue weighted by atomic mass is 16.6. The second-order valence-electron chi connectivity index (χ2n) is 3.28.